The van der Waals surface area contributed by atoms with Gasteiger partial charge in [-0.25, -0.2) is 4.68 Å². The number of benzene rings is 2. The van der Waals surface area contributed by atoms with E-state index in [0.717, 1.165) is 16.7 Å². The summed E-state index contributed by atoms with van der Waals surface area (Å²) in [7, 11) is 0. The molecule has 5 nitrogen and oxygen atoms in total. The lowest BCUT2D eigenvalue weighted by Gasteiger charge is -2.08. The van der Waals surface area contributed by atoms with Crippen LogP contribution in [0.1, 0.15) is 27.8 Å². The molecule has 7 heteroatoms. The minimum absolute atomic E-state index is 0.218. The molecule has 2 N–H and O–H groups in total. The zero-order valence-corrected chi connectivity index (χ0v) is 16.5. The van der Waals surface area contributed by atoms with Crippen molar-refractivity contribution in [1.29, 1.82) is 5.26 Å². The van der Waals surface area contributed by atoms with Gasteiger partial charge in [-0.1, -0.05) is 53.0 Å². The highest BCUT2D eigenvalue weighted by atomic mass is 35.5. The zero-order chi connectivity index (χ0) is 19.6. The smallest absolute Gasteiger partial charge is 0.253 e. The van der Waals surface area contributed by atoms with Crippen LogP contribution in [-0.2, 0) is 13.2 Å². The van der Waals surface area contributed by atoms with Crippen molar-refractivity contribution < 1.29 is 4.74 Å². The number of nitrogens with zero attached hydrogens (tertiary/aromatic N) is 3. The number of nitriles is 1. The van der Waals surface area contributed by atoms with Crippen LogP contribution in [0, 0.1) is 25.2 Å². The van der Waals surface area contributed by atoms with Gasteiger partial charge in [0.2, 0.25) is 0 Å². The number of aromatic nitrogens is 2. The topological polar surface area (TPSA) is 76.9 Å². The molecule has 1 heterocycles. The van der Waals surface area contributed by atoms with Gasteiger partial charge in [-0.05, 0) is 42.7 Å². The first-order chi connectivity index (χ1) is 12.9. The summed E-state index contributed by atoms with van der Waals surface area (Å²) >= 11 is 12.0. The third-order valence-electron chi connectivity index (χ3n) is 4.25. The van der Waals surface area contributed by atoms with Crippen LogP contribution >= 0.6 is 23.2 Å². The number of hydrogen-bond donors (Lipinski definition) is 1. The van der Waals surface area contributed by atoms with E-state index in [9.17, 15) is 5.26 Å². The minimum Gasteiger partial charge on any atom is -0.471 e. The number of halogens is 2. The molecule has 0 amide bonds. The van der Waals surface area contributed by atoms with Gasteiger partial charge < -0.3 is 10.5 Å². The largest absolute Gasteiger partial charge is 0.471 e. The standard InChI is InChI=1S/C20H18Cl2N4O/c1-12-3-5-15(13(2)7-12)11-27-20-16(9-23)19(24)26(25-20)10-14-4-6-17(21)18(22)8-14/h3-8H,10-11,24H2,1-2H3. The van der Waals surface area contributed by atoms with Gasteiger partial charge in [0.25, 0.3) is 5.88 Å². The lowest BCUT2D eigenvalue weighted by atomic mass is 10.1. The highest BCUT2D eigenvalue weighted by Gasteiger charge is 2.17. The molecule has 0 radical (unpaired) electrons. The number of rotatable bonds is 5. The summed E-state index contributed by atoms with van der Waals surface area (Å²) in [5, 5.41) is 14.7. The Hall–Kier alpha value is -2.68. The minimum atomic E-state index is 0.218. The molecule has 0 aliphatic carbocycles. The van der Waals surface area contributed by atoms with Crippen molar-refractivity contribution in [2.45, 2.75) is 27.0 Å². The molecule has 0 fully saturated rings. The predicted octanol–water partition coefficient (Wildman–Crippen LogP) is 4.89. The number of aryl methyl sites for hydroxylation is 2. The second-order valence-corrected chi connectivity index (χ2v) is 7.12. The highest BCUT2D eigenvalue weighted by molar-refractivity contribution is 6.42. The molecule has 138 valence electrons. The molecule has 0 bridgehead atoms. The molecule has 3 aromatic rings. The molecule has 0 saturated carbocycles. The molecular formula is C20H18Cl2N4O. The van der Waals surface area contributed by atoms with Gasteiger partial charge in [0.15, 0.2) is 5.56 Å². The highest BCUT2D eigenvalue weighted by Crippen LogP contribution is 2.27. The van der Waals surface area contributed by atoms with Crippen LogP contribution in [0.3, 0.4) is 0 Å². The fourth-order valence-electron chi connectivity index (χ4n) is 2.74. The first kappa shape index (κ1) is 19.1. The van der Waals surface area contributed by atoms with E-state index in [2.05, 4.69) is 17.2 Å². The zero-order valence-electron chi connectivity index (χ0n) is 15.0. The van der Waals surface area contributed by atoms with Crippen molar-refractivity contribution in [1.82, 2.24) is 9.78 Å². The van der Waals surface area contributed by atoms with E-state index in [0.29, 0.717) is 23.2 Å². The van der Waals surface area contributed by atoms with Crippen LogP contribution in [0.5, 0.6) is 5.88 Å². The van der Waals surface area contributed by atoms with E-state index < -0.39 is 0 Å². The maximum absolute atomic E-state index is 9.45. The van der Waals surface area contributed by atoms with E-state index >= 15 is 0 Å². The normalized spacial score (nSPS) is 10.6. The third kappa shape index (κ3) is 4.19. The molecule has 1 aromatic heterocycles. The van der Waals surface area contributed by atoms with Crippen LogP contribution in [0.2, 0.25) is 10.0 Å². The van der Waals surface area contributed by atoms with Gasteiger partial charge in [0.05, 0.1) is 16.6 Å². The van der Waals surface area contributed by atoms with Crippen LogP contribution in [-0.4, -0.2) is 9.78 Å². The van der Waals surface area contributed by atoms with E-state index in [-0.39, 0.29) is 17.3 Å². The number of nitrogens with two attached hydrogens (primary N) is 1. The van der Waals surface area contributed by atoms with Crippen LogP contribution < -0.4 is 10.5 Å². The number of hydrogen-bond acceptors (Lipinski definition) is 4. The summed E-state index contributed by atoms with van der Waals surface area (Å²) in [4.78, 5) is 0. The van der Waals surface area contributed by atoms with Crippen LogP contribution in [0.25, 0.3) is 0 Å². The molecule has 0 aliphatic rings. The lowest BCUT2D eigenvalue weighted by Crippen LogP contribution is -2.06. The van der Waals surface area contributed by atoms with Gasteiger partial charge in [-0.2, -0.15) is 5.26 Å². The summed E-state index contributed by atoms with van der Waals surface area (Å²) in [5.74, 6) is 0.467. The second-order valence-electron chi connectivity index (χ2n) is 6.30. The molecule has 2 aromatic carbocycles. The molecule has 27 heavy (non-hydrogen) atoms. The Morgan fingerprint density at radius 1 is 1.15 bits per heavy atom. The molecule has 0 atom stereocenters. The van der Waals surface area contributed by atoms with E-state index in [1.165, 1.54) is 10.2 Å². The molecule has 0 saturated heterocycles. The summed E-state index contributed by atoms with van der Waals surface area (Å²) in [5.41, 5.74) is 10.5. The Morgan fingerprint density at radius 3 is 2.59 bits per heavy atom. The maximum Gasteiger partial charge on any atom is 0.253 e. The summed E-state index contributed by atoms with van der Waals surface area (Å²) < 4.78 is 7.32. The maximum atomic E-state index is 9.45. The van der Waals surface area contributed by atoms with Crippen LogP contribution in [0.4, 0.5) is 5.82 Å². The SMILES string of the molecule is Cc1ccc(COc2nn(Cc3ccc(Cl)c(Cl)c3)c(N)c2C#N)c(C)c1. The van der Waals surface area contributed by atoms with E-state index in [1.807, 2.05) is 32.0 Å². The molecule has 0 spiro atoms. The molecular weight excluding hydrogens is 383 g/mol. The Balaban J connectivity index is 1.83. The fourth-order valence-corrected chi connectivity index (χ4v) is 3.06. The molecule has 0 unspecified atom stereocenters. The predicted molar refractivity (Wildman–Crippen MR) is 107 cm³/mol. The Kier molecular flexibility index (Phi) is 5.59. The third-order valence-corrected chi connectivity index (χ3v) is 4.99. The van der Waals surface area contributed by atoms with Crippen molar-refractivity contribution in [2.75, 3.05) is 5.73 Å². The summed E-state index contributed by atoms with van der Waals surface area (Å²) in [6, 6.07) is 13.5. The van der Waals surface area contributed by atoms with Gasteiger partial charge in [0.1, 0.15) is 18.5 Å². The number of nitrogen functional groups attached to an aromatic ring is 1. The van der Waals surface area contributed by atoms with Gasteiger partial charge >= 0.3 is 0 Å². The average Bonchev–Trinajstić information content (AvgIpc) is 2.92. The van der Waals surface area contributed by atoms with Gasteiger partial charge in [-0.15, -0.1) is 5.10 Å². The van der Waals surface area contributed by atoms with E-state index in [1.54, 1.807) is 12.1 Å². The number of ether oxygens (including phenoxy) is 1. The van der Waals surface area contributed by atoms with Crippen molar-refractivity contribution in [3.05, 3.63) is 74.3 Å². The van der Waals surface area contributed by atoms with Crippen molar-refractivity contribution in [3.63, 3.8) is 0 Å². The first-order valence-corrected chi connectivity index (χ1v) is 9.04. The van der Waals surface area contributed by atoms with E-state index in [4.69, 9.17) is 33.7 Å². The fraction of sp³-hybridized carbons (Fsp3) is 0.200. The lowest BCUT2D eigenvalue weighted by molar-refractivity contribution is 0.288. The Bertz CT molecular complexity index is 1040. The average molecular weight is 401 g/mol. The molecule has 0 aliphatic heterocycles. The Morgan fingerprint density at radius 2 is 1.93 bits per heavy atom. The summed E-state index contributed by atoms with van der Waals surface area (Å²) in [6.45, 7) is 4.72. The first-order valence-electron chi connectivity index (χ1n) is 8.28. The molecule has 3 rings (SSSR count). The van der Waals surface area contributed by atoms with Gasteiger partial charge in [-0.3, -0.25) is 0 Å². The van der Waals surface area contributed by atoms with Crippen LogP contribution in [0.15, 0.2) is 36.4 Å². The Labute approximate surface area is 167 Å². The quantitative estimate of drug-likeness (QED) is 0.661. The van der Waals surface area contributed by atoms with Gasteiger partial charge in [0, 0.05) is 0 Å². The van der Waals surface area contributed by atoms with Crippen molar-refractivity contribution >= 4 is 29.0 Å². The van der Waals surface area contributed by atoms with Crippen molar-refractivity contribution in [3.8, 4) is 11.9 Å². The monoisotopic (exact) mass is 400 g/mol. The summed E-state index contributed by atoms with van der Waals surface area (Å²) in [6.07, 6.45) is 0. The second kappa shape index (κ2) is 7.91. The van der Waals surface area contributed by atoms with Crippen molar-refractivity contribution in [2.24, 2.45) is 0 Å². The number of anilines is 1.